The Morgan fingerprint density at radius 1 is 1.23 bits per heavy atom. The van der Waals surface area contributed by atoms with E-state index in [9.17, 15) is 22.4 Å². The molecule has 0 bridgehead atoms. The molecule has 0 saturated carbocycles. The minimum Gasteiger partial charge on any atom is -0.481 e. The topological polar surface area (TPSA) is 104 Å². The number of nitrogens with zero attached hydrogens (tertiary/aromatic N) is 2. The van der Waals surface area contributed by atoms with Crippen molar-refractivity contribution in [3.8, 4) is 0 Å². The van der Waals surface area contributed by atoms with Crippen LogP contribution in [0.2, 0.25) is 0 Å². The summed E-state index contributed by atoms with van der Waals surface area (Å²) in [6.45, 7) is 0.301. The summed E-state index contributed by atoms with van der Waals surface area (Å²) >= 11 is 1.23. The second-order valence-electron chi connectivity index (χ2n) is 6.24. The number of amides is 1. The van der Waals surface area contributed by atoms with Crippen molar-refractivity contribution in [2.45, 2.75) is 30.7 Å². The molecule has 2 aliphatic heterocycles. The van der Waals surface area contributed by atoms with E-state index in [2.05, 4.69) is 4.99 Å². The SMILES string of the molecule is O=C(O)CCC(=O)N=C1SC2CS(=O)(=O)CC2N1Cc1ccc(F)cc1. The zero-order valence-corrected chi connectivity index (χ0v) is 15.3. The first-order valence-electron chi connectivity index (χ1n) is 7.95. The van der Waals surface area contributed by atoms with Crippen molar-refractivity contribution in [3.05, 3.63) is 35.6 Å². The van der Waals surface area contributed by atoms with E-state index in [1.54, 1.807) is 17.0 Å². The molecule has 0 aromatic heterocycles. The van der Waals surface area contributed by atoms with Crippen molar-refractivity contribution in [2.24, 2.45) is 4.99 Å². The van der Waals surface area contributed by atoms with Gasteiger partial charge in [-0.2, -0.15) is 4.99 Å². The van der Waals surface area contributed by atoms with E-state index in [1.807, 2.05) is 0 Å². The molecule has 2 aliphatic rings. The van der Waals surface area contributed by atoms with Crippen LogP contribution >= 0.6 is 11.8 Å². The summed E-state index contributed by atoms with van der Waals surface area (Å²) in [5.74, 6) is -2.01. The first kappa shape index (κ1) is 18.8. The van der Waals surface area contributed by atoms with Crippen LogP contribution in [0.15, 0.2) is 29.3 Å². The van der Waals surface area contributed by atoms with Crippen LogP contribution < -0.4 is 0 Å². The lowest BCUT2D eigenvalue weighted by Gasteiger charge is -2.24. The zero-order chi connectivity index (χ0) is 18.9. The van der Waals surface area contributed by atoms with Gasteiger partial charge >= 0.3 is 5.97 Å². The van der Waals surface area contributed by atoms with Crippen molar-refractivity contribution in [1.29, 1.82) is 0 Å². The predicted octanol–water partition coefficient (Wildman–Crippen LogP) is 1.29. The average molecular weight is 400 g/mol. The summed E-state index contributed by atoms with van der Waals surface area (Å²) in [5.41, 5.74) is 0.766. The van der Waals surface area contributed by atoms with Gasteiger partial charge in [-0.3, -0.25) is 9.59 Å². The third-order valence-corrected chi connectivity index (χ3v) is 7.46. The van der Waals surface area contributed by atoms with Gasteiger partial charge in [0.1, 0.15) is 5.82 Å². The molecule has 1 amide bonds. The minimum absolute atomic E-state index is 0.0184. The highest BCUT2D eigenvalue weighted by atomic mass is 32.2. The van der Waals surface area contributed by atoms with E-state index in [4.69, 9.17) is 5.11 Å². The Kier molecular flexibility index (Phi) is 5.33. The molecule has 0 spiro atoms. The van der Waals surface area contributed by atoms with Gasteiger partial charge in [-0.15, -0.1) is 0 Å². The number of hydrogen-bond acceptors (Lipinski definition) is 5. The van der Waals surface area contributed by atoms with Crippen molar-refractivity contribution in [1.82, 2.24) is 4.90 Å². The number of carbonyl (C=O) groups excluding carboxylic acids is 1. The molecule has 1 N–H and O–H groups in total. The van der Waals surface area contributed by atoms with Gasteiger partial charge in [-0.25, -0.2) is 12.8 Å². The molecular weight excluding hydrogens is 383 g/mol. The van der Waals surface area contributed by atoms with E-state index in [0.29, 0.717) is 11.7 Å². The fourth-order valence-electron chi connectivity index (χ4n) is 2.98. The third kappa shape index (κ3) is 4.42. The molecule has 2 saturated heterocycles. The number of aliphatic imine (C=N–C) groups is 1. The van der Waals surface area contributed by atoms with Crippen LogP contribution in [0.3, 0.4) is 0 Å². The Bertz CT molecular complexity index is 854. The highest BCUT2D eigenvalue weighted by Crippen LogP contribution is 2.39. The fourth-order valence-corrected chi connectivity index (χ4v) is 6.95. The van der Waals surface area contributed by atoms with Gasteiger partial charge in [0.05, 0.1) is 24.0 Å². The molecule has 1 aromatic rings. The molecule has 26 heavy (non-hydrogen) atoms. The number of carboxylic acid groups (broad SMARTS) is 1. The number of rotatable bonds is 5. The molecule has 3 rings (SSSR count). The van der Waals surface area contributed by atoms with Crippen LogP contribution in [0.5, 0.6) is 0 Å². The normalized spacial score (nSPS) is 25.4. The largest absolute Gasteiger partial charge is 0.481 e. The molecule has 0 radical (unpaired) electrons. The van der Waals surface area contributed by atoms with Crippen LogP contribution in [0, 0.1) is 5.82 Å². The standard InChI is InChI=1S/C16H17FN2O5S2/c17-11-3-1-10(2-4-11)7-19-12-8-26(23,24)9-13(12)25-16(19)18-14(20)5-6-15(21)22/h1-4,12-13H,5-9H2,(H,21,22). The van der Waals surface area contributed by atoms with Crippen molar-refractivity contribution >= 4 is 38.6 Å². The summed E-state index contributed by atoms with van der Waals surface area (Å²) in [6, 6.07) is 5.52. The number of sulfone groups is 1. The van der Waals surface area contributed by atoms with Gasteiger partial charge in [0.15, 0.2) is 15.0 Å². The monoisotopic (exact) mass is 400 g/mol. The number of amidine groups is 1. The number of fused-ring (bicyclic) bond motifs is 1. The number of carboxylic acids is 1. The number of halogens is 1. The molecule has 2 heterocycles. The Balaban J connectivity index is 1.82. The molecule has 10 heteroatoms. The van der Waals surface area contributed by atoms with E-state index in [0.717, 1.165) is 5.56 Å². The number of benzene rings is 1. The number of thioether (sulfide) groups is 1. The van der Waals surface area contributed by atoms with Crippen LogP contribution in [-0.4, -0.2) is 58.3 Å². The molecule has 1 aromatic carbocycles. The Labute approximate surface area is 154 Å². The van der Waals surface area contributed by atoms with E-state index in [-0.39, 0.29) is 41.5 Å². The Morgan fingerprint density at radius 3 is 2.58 bits per heavy atom. The zero-order valence-electron chi connectivity index (χ0n) is 13.7. The lowest BCUT2D eigenvalue weighted by atomic mass is 10.1. The molecule has 0 aliphatic carbocycles. The van der Waals surface area contributed by atoms with Gasteiger partial charge in [0.2, 0.25) is 5.91 Å². The van der Waals surface area contributed by atoms with Gasteiger partial charge < -0.3 is 10.0 Å². The minimum atomic E-state index is -3.15. The molecule has 2 unspecified atom stereocenters. The fraction of sp³-hybridized carbons (Fsp3) is 0.438. The quantitative estimate of drug-likeness (QED) is 0.794. The Hall–Kier alpha value is -1.94. The second-order valence-corrected chi connectivity index (χ2v) is 9.60. The van der Waals surface area contributed by atoms with Gasteiger partial charge in [-0.1, -0.05) is 23.9 Å². The van der Waals surface area contributed by atoms with Crippen molar-refractivity contribution < 1.29 is 27.5 Å². The highest BCUT2D eigenvalue weighted by molar-refractivity contribution is 8.15. The van der Waals surface area contributed by atoms with Gasteiger partial charge in [0.25, 0.3) is 0 Å². The number of hydrogen-bond donors (Lipinski definition) is 1. The highest BCUT2D eigenvalue weighted by Gasteiger charge is 2.48. The van der Waals surface area contributed by atoms with Crippen LogP contribution in [-0.2, 0) is 26.0 Å². The molecule has 7 nitrogen and oxygen atoms in total. The van der Waals surface area contributed by atoms with Crippen LogP contribution in [0.25, 0.3) is 0 Å². The van der Waals surface area contributed by atoms with Gasteiger partial charge in [-0.05, 0) is 17.7 Å². The smallest absolute Gasteiger partial charge is 0.303 e. The summed E-state index contributed by atoms with van der Waals surface area (Å²) in [6.07, 6.45) is -0.517. The van der Waals surface area contributed by atoms with Crippen LogP contribution in [0.4, 0.5) is 4.39 Å². The molecule has 2 atom stereocenters. The summed E-state index contributed by atoms with van der Waals surface area (Å²) in [5, 5.41) is 8.85. The van der Waals surface area contributed by atoms with Crippen molar-refractivity contribution in [3.63, 3.8) is 0 Å². The lowest BCUT2D eigenvalue weighted by molar-refractivity contribution is -0.138. The van der Waals surface area contributed by atoms with E-state index < -0.39 is 21.7 Å². The maximum atomic E-state index is 13.1. The number of carbonyl (C=O) groups is 2. The predicted molar refractivity (Wildman–Crippen MR) is 95.1 cm³/mol. The lowest BCUT2D eigenvalue weighted by Crippen LogP contribution is -2.37. The molecule has 140 valence electrons. The van der Waals surface area contributed by atoms with E-state index in [1.165, 1.54) is 23.9 Å². The summed E-state index contributed by atoms with van der Waals surface area (Å²) in [7, 11) is -3.15. The molecule has 2 fully saturated rings. The van der Waals surface area contributed by atoms with Crippen molar-refractivity contribution in [2.75, 3.05) is 11.5 Å². The number of aliphatic carboxylic acids is 1. The first-order valence-corrected chi connectivity index (χ1v) is 10.6. The molecular formula is C16H17FN2O5S2. The maximum Gasteiger partial charge on any atom is 0.303 e. The second kappa shape index (κ2) is 7.36. The first-order chi connectivity index (χ1) is 12.2. The van der Waals surface area contributed by atoms with Gasteiger partial charge in [0, 0.05) is 18.2 Å². The third-order valence-electron chi connectivity index (χ3n) is 4.21. The van der Waals surface area contributed by atoms with E-state index >= 15 is 0 Å². The summed E-state index contributed by atoms with van der Waals surface area (Å²) < 4.78 is 37.0. The average Bonchev–Trinajstić information content (AvgIpc) is 3.00. The summed E-state index contributed by atoms with van der Waals surface area (Å²) in [4.78, 5) is 28.3. The maximum absolute atomic E-state index is 13.1. The Morgan fingerprint density at radius 2 is 1.92 bits per heavy atom. The van der Waals surface area contributed by atoms with Crippen LogP contribution in [0.1, 0.15) is 18.4 Å².